The van der Waals surface area contributed by atoms with Gasteiger partial charge >= 0.3 is 0 Å². The number of carbonyl (C=O) groups is 1. The van der Waals surface area contributed by atoms with Gasteiger partial charge in [-0.05, 0) is 71.1 Å². The number of amides is 1. The van der Waals surface area contributed by atoms with Crippen LogP contribution in [0.1, 0.15) is 27.8 Å². The lowest BCUT2D eigenvalue weighted by atomic mass is 10.0. The molecular formula is C28H26N2O2. The third-order valence-electron chi connectivity index (χ3n) is 5.41. The lowest BCUT2D eigenvalue weighted by Crippen LogP contribution is -2.20. The van der Waals surface area contributed by atoms with E-state index in [-0.39, 0.29) is 5.91 Å². The fraction of sp³-hybridized carbons (Fsp3) is 0.143. The fourth-order valence-electron chi connectivity index (χ4n) is 3.67. The van der Waals surface area contributed by atoms with Gasteiger partial charge in [0.1, 0.15) is 12.4 Å². The van der Waals surface area contributed by atoms with Crippen LogP contribution >= 0.6 is 0 Å². The Kier molecular flexibility index (Phi) is 6.61. The van der Waals surface area contributed by atoms with E-state index in [2.05, 4.69) is 46.9 Å². The number of hydrazone groups is 1. The van der Waals surface area contributed by atoms with Gasteiger partial charge in [0.05, 0.1) is 12.6 Å². The van der Waals surface area contributed by atoms with Crippen LogP contribution in [0.4, 0.5) is 0 Å². The standard InChI is InChI=1S/C28H26N2O2/c1-20-10-13-24(21(2)16-20)17-28(31)30-29-18-22-11-14-26(15-12-22)32-19-25-8-5-7-23-6-3-4-9-27(23)25/h3-16,18H,17,19H2,1-2H3,(H,30,31)/b29-18+. The van der Waals surface area contributed by atoms with Gasteiger partial charge in [0.15, 0.2) is 0 Å². The molecule has 4 aromatic carbocycles. The zero-order valence-electron chi connectivity index (χ0n) is 18.3. The van der Waals surface area contributed by atoms with Crippen molar-refractivity contribution in [1.29, 1.82) is 0 Å². The minimum absolute atomic E-state index is 0.136. The molecule has 32 heavy (non-hydrogen) atoms. The molecule has 0 spiro atoms. The normalized spacial score (nSPS) is 11.1. The van der Waals surface area contributed by atoms with Crippen LogP contribution in [0.25, 0.3) is 10.8 Å². The summed E-state index contributed by atoms with van der Waals surface area (Å²) in [6, 6.07) is 28.3. The van der Waals surface area contributed by atoms with Crippen molar-refractivity contribution in [3.05, 3.63) is 113 Å². The number of fused-ring (bicyclic) bond motifs is 1. The summed E-state index contributed by atoms with van der Waals surface area (Å²) in [5.41, 5.74) is 7.95. The lowest BCUT2D eigenvalue weighted by molar-refractivity contribution is -0.120. The average molecular weight is 423 g/mol. The first kappa shape index (κ1) is 21.3. The average Bonchev–Trinajstić information content (AvgIpc) is 2.80. The zero-order chi connectivity index (χ0) is 22.3. The summed E-state index contributed by atoms with van der Waals surface area (Å²) >= 11 is 0. The van der Waals surface area contributed by atoms with E-state index in [0.29, 0.717) is 13.0 Å². The number of nitrogens with one attached hydrogen (secondary N) is 1. The smallest absolute Gasteiger partial charge is 0.244 e. The Morgan fingerprint density at radius 2 is 1.69 bits per heavy atom. The van der Waals surface area contributed by atoms with E-state index in [1.807, 2.05) is 62.4 Å². The summed E-state index contributed by atoms with van der Waals surface area (Å²) in [6.45, 7) is 4.56. The molecule has 0 aliphatic heterocycles. The molecule has 0 aliphatic carbocycles. The quantitative estimate of drug-likeness (QED) is 0.305. The molecule has 0 aliphatic rings. The Hall–Kier alpha value is -3.92. The number of hydrogen-bond donors (Lipinski definition) is 1. The summed E-state index contributed by atoms with van der Waals surface area (Å²) in [5, 5.41) is 6.49. The van der Waals surface area contributed by atoms with Gasteiger partial charge < -0.3 is 4.74 Å². The SMILES string of the molecule is Cc1ccc(CC(=O)N/N=C/c2ccc(OCc3cccc4ccccc34)cc2)c(C)c1. The Morgan fingerprint density at radius 3 is 2.50 bits per heavy atom. The summed E-state index contributed by atoms with van der Waals surface area (Å²) < 4.78 is 5.97. The number of nitrogens with zero attached hydrogens (tertiary/aromatic N) is 1. The van der Waals surface area contributed by atoms with Crippen LogP contribution in [0.2, 0.25) is 0 Å². The van der Waals surface area contributed by atoms with E-state index < -0.39 is 0 Å². The molecule has 0 bridgehead atoms. The maximum Gasteiger partial charge on any atom is 0.244 e. The van der Waals surface area contributed by atoms with E-state index >= 15 is 0 Å². The fourth-order valence-corrected chi connectivity index (χ4v) is 3.67. The molecule has 0 unspecified atom stereocenters. The van der Waals surface area contributed by atoms with Crippen molar-refractivity contribution < 1.29 is 9.53 Å². The van der Waals surface area contributed by atoms with E-state index in [4.69, 9.17) is 4.74 Å². The van der Waals surface area contributed by atoms with Gasteiger partial charge in [-0.25, -0.2) is 5.43 Å². The molecule has 4 aromatic rings. The number of hydrogen-bond acceptors (Lipinski definition) is 3. The van der Waals surface area contributed by atoms with Crippen molar-refractivity contribution in [3.8, 4) is 5.75 Å². The number of rotatable bonds is 7. The molecule has 0 atom stereocenters. The predicted molar refractivity (Wildman–Crippen MR) is 130 cm³/mol. The molecule has 0 fully saturated rings. The van der Waals surface area contributed by atoms with Gasteiger partial charge in [-0.2, -0.15) is 5.10 Å². The van der Waals surface area contributed by atoms with Crippen molar-refractivity contribution in [3.63, 3.8) is 0 Å². The van der Waals surface area contributed by atoms with E-state index in [0.717, 1.165) is 28.0 Å². The van der Waals surface area contributed by atoms with Crippen LogP contribution in [-0.2, 0) is 17.8 Å². The van der Waals surface area contributed by atoms with Gasteiger partial charge in [-0.15, -0.1) is 0 Å². The third kappa shape index (κ3) is 5.41. The molecule has 0 saturated heterocycles. The number of carbonyl (C=O) groups excluding carboxylic acids is 1. The lowest BCUT2D eigenvalue weighted by Gasteiger charge is -2.09. The molecule has 1 N–H and O–H groups in total. The second kappa shape index (κ2) is 9.92. The maximum atomic E-state index is 12.2. The third-order valence-corrected chi connectivity index (χ3v) is 5.41. The number of aryl methyl sites for hydroxylation is 2. The first-order valence-electron chi connectivity index (χ1n) is 10.7. The highest BCUT2D eigenvalue weighted by Gasteiger charge is 2.05. The Morgan fingerprint density at radius 1 is 0.906 bits per heavy atom. The van der Waals surface area contributed by atoms with Gasteiger partial charge in [0.25, 0.3) is 0 Å². The second-order valence-electron chi connectivity index (χ2n) is 7.90. The van der Waals surface area contributed by atoms with Crippen LogP contribution in [-0.4, -0.2) is 12.1 Å². The summed E-state index contributed by atoms with van der Waals surface area (Å²) in [7, 11) is 0. The van der Waals surface area contributed by atoms with Gasteiger partial charge in [0.2, 0.25) is 5.91 Å². The Balaban J connectivity index is 1.30. The van der Waals surface area contributed by atoms with E-state index in [1.165, 1.54) is 16.3 Å². The van der Waals surface area contributed by atoms with Gasteiger partial charge in [-0.3, -0.25) is 4.79 Å². The first-order chi connectivity index (χ1) is 15.6. The minimum Gasteiger partial charge on any atom is -0.489 e. The molecule has 0 heterocycles. The topological polar surface area (TPSA) is 50.7 Å². The highest BCUT2D eigenvalue weighted by molar-refractivity contribution is 5.85. The van der Waals surface area contributed by atoms with Crippen LogP contribution in [0, 0.1) is 13.8 Å². The van der Waals surface area contributed by atoms with Crippen LogP contribution in [0.3, 0.4) is 0 Å². The minimum atomic E-state index is -0.136. The van der Waals surface area contributed by atoms with Crippen molar-refractivity contribution in [2.45, 2.75) is 26.9 Å². The molecule has 0 aromatic heterocycles. The summed E-state index contributed by atoms with van der Waals surface area (Å²) in [5.74, 6) is 0.650. The highest BCUT2D eigenvalue weighted by Crippen LogP contribution is 2.21. The van der Waals surface area contributed by atoms with E-state index in [1.54, 1.807) is 6.21 Å². The summed E-state index contributed by atoms with van der Waals surface area (Å²) in [6.07, 6.45) is 1.94. The van der Waals surface area contributed by atoms with Crippen molar-refractivity contribution in [2.24, 2.45) is 5.10 Å². The van der Waals surface area contributed by atoms with Crippen molar-refractivity contribution in [2.75, 3.05) is 0 Å². The predicted octanol–water partition coefficient (Wildman–Crippen LogP) is 5.73. The summed E-state index contributed by atoms with van der Waals surface area (Å²) in [4.78, 5) is 12.2. The van der Waals surface area contributed by atoms with E-state index in [9.17, 15) is 4.79 Å². The number of ether oxygens (including phenoxy) is 1. The Labute approximate surface area is 188 Å². The second-order valence-corrected chi connectivity index (χ2v) is 7.90. The van der Waals surface area contributed by atoms with Crippen molar-refractivity contribution >= 4 is 22.9 Å². The monoisotopic (exact) mass is 422 g/mol. The molecule has 4 rings (SSSR count). The van der Waals surface area contributed by atoms with Crippen LogP contribution < -0.4 is 10.2 Å². The van der Waals surface area contributed by atoms with Crippen molar-refractivity contribution in [1.82, 2.24) is 5.43 Å². The van der Waals surface area contributed by atoms with Crippen LogP contribution in [0.15, 0.2) is 90.0 Å². The molecule has 4 heteroatoms. The van der Waals surface area contributed by atoms with Gasteiger partial charge in [0, 0.05) is 0 Å². The highest BCUT2D eigenvalue weighted by atomic mass is 16.5. The molecule has 160 valence electrons. The molecule has 0 radical (unpaired) electrons. The molecular weight excluding hydrogens is 396 g/mol. The maximum absolute atomic E-state index is 12.2. The van der Waals surface area contributed by atoms with Gasteiger partial charge in [-0.1, -0.05) is 66.2 Å². The van der Waals surface area contributed by atoms with Crippen LogP contribution in [0.5, 0.6) is 5.75 Å². The Bertz CT molecular complexity index is 1250. The molecule has 4 nitrogen and oxygen atoms in total. The molecule has 0 saturated carbocycles. The largest absolute Gasteiger partial charge is 0.489 e. The zero-order valence-corrected chi connectivity index (χ0v) is 18.3. The molecule has 1 amide bonds. The number of benzene rings is 4. The first-order valence-corrected chi connectivity index (χ1v) is 10.7.